The van der Waals surface area contributed by atoms with E-state index in [0.29, 0.717) is 12.5 Å². The summed E-state index contributed by atoms with van der Waals surface area (Å²) in [4.78, 5) is 21.3. The molecule has 0 spiro atoms. The molecule has 5 rings (SSSR count). The topological polar surface area (TPSA) is 85.5 Å². The van der Waals surface area contributed by atoms with Crippen molar-refractivity contribution in [3.05, 3.63) is 54.5 Å². The molecule has 1 aliphatic rings. The SMILES string of the molecule is c1csc(-c2nc(N3CCn4cnnc4C3)ncc2-c2cnccn2)c1. The Bertz CT molecular complexity index is 1030. The van der Waals surface area contributed by atoms with Crippen molar-refractivity contribution < 1.29 is 0 Å². The largest absolute Gasteiger partial charge is 0.331 e. The molecule has 0 atom stereocenters. The molecule has 0 saturated carbocycles. The fourth-order valence-corrected chi connectivity index (χ4v) is 3.72. The monoisotopic (exact) mass is 362 g/mol. The minimum Gasteiger partial charge on any atom is -0.331 e. The van der Waals surface area contributed by atoms with Gasteiger partial charge in [0.15, 0.2) is 5.82 Å². The average molecular weight is 362 g/mol. The number of hydrogen-bond acceptors (Lipinski definition) is 8. The van der Waals surface area contributed by atoms with Crippen molar-refractivity contribution >= 4 is 17.3 Å². The first-order valence-electron chi connectivity index (χ1n) is 8.17. The van der Waals surface area contributed by atoms with Crippen LogP contribution < -0.4 is 4.90 Å². The van der Waals surface area contributed by atoms with Crippen molar-refractivity contribution in [1.82, 2.24) is 34.7 Å². The Hall–Kier alpha value is -3.20. The fraction of sp³-hybridized carbons (Fsp3) is 0.176. The third kappa shape index (κ3) is 2.62. The predicted molar refractivity (Wildman–Crippen MR) is 97.4 cm³/mol. The van der Waals surface area contributed by atoms with Gasteiger partial charge in [-0.15, -0.1) is 21.5 Å². The van der Waals surface area contributed by atoms with Gasteiger partial charge in [-0.05, 0) is 11.4 Å². The van der Waals surface area contributed by atoms with E-state index in [9.17, 15) is 0 Å². The molecular formula is C17H14N8S. The van der Waals surface area contributed by atoms with Gasteiger partial charge in [0.1, 0.15) is 6.33 Å². The second kappa shape index (κ2) is 6.26. The van der Waals surface area contributed by atoms with Gasteiger partial charge in [-0.1, -0.05) is 6.07 Å². The van der Waals surface area contributed by atoms with Crippen LogP contribution in [0.2, 0.25) is 0 Å². The van der Waals surface area contributed by atoms with Crippen molar-refractivity contribution in [2.24, 2.45) is 0 Å². The van der Waals surface area contributed by atoms with Gasteiger partial charge in [0, 0.05) is 37.2 Å². The molecule has 8 nitrogen and oxygen atoms in total. The summed E-state index contributed by atoms with van der Waals surface area (Å²) < 4.78 is 2.06. The summed E-state index contributed by atoms with van der Waals surface area (Å²) in [6.07, 6.45) is 8.67. The molecule has 0 bridgehead atoms. The molecule has 0 fully saturated rings. The third-order valence-corrected chi connectivity index (χ3v) is 5.17. The highest BCUT2D eigenvalue weighted by Crippen LogP contribution is 2.33. The summed E-state index contributed by atoms with van der Waals surface area (Å²) in [5.74, 6) is 1.62. The van der Waals surface area contributed by atoms with E-state index in [1.54, 1.807) is 36.3 Å². The van der Waals surface area contributed by atoms with Crippen LogP contribution in [0.25, 0.3) is 21.8 Å². The van der Waals surface area contributed by atoms with Crippen molar-refractivity contribution in [3.8, 4) is 21.8 Å². The van der Waals surface area contributed by atoms with Crippen LogP contribution in [0.15, 0.2) is 48.6 Å². The maximum absolute atomic E-state index is 4.87. The van der Waals surface area contributed by atoms with Crippen molar-refractivity contribution in [2.45, 2.75) is 13.1 Å². The lowest BCUT2D eigenvalue weighted by Gasteiger charge is -2.27. The van der Waals surface area contributed by atoms with E-state index in [-0.39, 0.29) is 0 Å². The molecule has 1 aliphatic heterocycles. The smallest absolute Gasteiger partial charge is 0.226 e. The molecule has 5 heterocycles. The first kappa shape index (κ1) is 15.1. The molecule has 0 aromatic carbocycles. The first-order chi connectivity index (χ1) is 12.9. The number of rotatable bonds is 3. The van der Waals surface area contributed by atoms with E-state index in [0.717, 1.165) is 40.7 Å². The molecule has 0 saturated heterocycles. The highest BCUT2D eigenvalue weighted by Gasteiger charge is 2.22. The van der Waals surface area contributed by atoms with E-state index in [4.69, 9.17) is 4.98 Å². The van der Waals surface area contributed by atoms with Crippen LogP contribution in [0.4, 0.5) is 5.95 Å². The van der Waals surface area contributed by atoms with Gasteiger partial charge in [0.05, 0.1) is 29.0 Å². The van der Waals surface area contributed by atoms with E-state index >= 15 is 0 Å². The van der Waals surface area contributed by atoms with Crippen LogP contribution in [0.5, 0.6) is 0 Å². The zero-order valence-corrected chi connectivity index (χ0v) is 14.5. The zero-order valence-electron chi connectivity index (χ0n) is 13.7. The molecule has 26 heavy (non-hydrogen) atoms. The van der Waals surface area contributed by atoms with Crippen molar-refractivity contribution in [1.29, 1.82) is 0 Å². The second-order valence-electron chi connectivity index (χ2n) is 5.86. The number of fused-ring (bicyclic) bond motifs is 1. The summed E-state index contributed by atoms with van der Waals surface area (Å²) >= 11 is 1.65. The number of nitrogens with zero attached hydrogens (tertiary/aromatic N) is 8. The van der Waals surface area contributed by atoms with Gasteiger partial charge in [0.2, 0.25) is 5.95 Å². The Balaban J connectivity index is 1.58. The van der Waals surface area contributed by atoms with Crippen LogP contribution in [0.3, 0.4) is 0 Å². The summed E-state index contributed by atoms with van der Waals surface area (Å²) in [6, 6.07) is 4.08. The van der Waals surface area contributed by atoms with Crippen LogP contribution >= 0.6 is 11.3 Å². The first-order valence-corrected chi connectivity index (χ1v) is 9.05. The Morgan fingerprint density at radius 2 is 2.08 bits per heavy atom. The maximum atomic E-state index is 4.87. The summed E-state index contributed by atoms with van der Waals surface area (Å²) in [5.41, 5.74) is 2.52. The van der Waals surface area contributed by atoms with Gasteiger partial charge in [-0.2, -0.15) is 0 Å². The van der Waals surface area contributed by atoms with E-state index in [1.165, 1.54) is 0 Å². The van der Waals surface area contributed by atoms with Crippen molar-refractivity contribution in [2.75, 3.05) is 11.4 Å². The molecule has 0 N–H and O–H groups in total. The van der Waals surface area contributed by atoms with Gasteiger partial charge in [-0.3, -0.25) is 9.97 Å². The molecule has 0 aliphatic carbocycles. The normalized spacial score (nSPS) is 13.6. The van der Waals surface area contributed by atoms with Crippen molar-refractivity contribution in [3.63, 3.8) is 0 Å². The standard InChI is InChI=1S/C17H14N8S/c1-2-14(26-7-1)16-12(13-9-18-3-4-19-13)8-20-17(22-16)24-5-6-25-11-21-23-15(25)10-24/h1-4,7-9,11H,5-6,10H2. The minimum atomic E-state index is 0.647. The Morgan fingerprint density at radius 3 is 2.92 bits per heavy atom. The highest BCUT2D eigenvalue weighted by molar-refractivity contribution is 7.13. The lowest BCUT2D eigenvalue weighted by atomic mass is 10.1. The Labute approximate surface area is 153 Å². The number of thiophene rings is 1. The second-order valence-corrected chi connectivity index (χ2v) is 6.81. The van der Waals surface area contributed by atoms with Crippen LogP contribution in [0, 0.1) is 0 Å². The molecule has 0 unspecified atom stereocenters. The molecular weight excluding hydrogens is 348 g/mol. The Kier molecular flexibility index (Phi) is 3.64. The number of aromatic nitrogens is 7. The average Bonchev–Trinajstić information content (AvgIpc) is 3.39. The third-order valence-electron chi connectivity index (χ3n) is 4.29. The van der Waals surface area contributed by atoms with Gasteiger partial charge in [-0.25, -0.2) is 9.97 Å². The predicted octanol–water partition coefficient (Wildman–Crippen LogP) is 2.27. The van der Waals surface area contributed by atoms with Gasteiger partial charge < -0.3 is 9.47 Å². The maximum Gasteiger partial charge on any atom is 0.226 e. The molecule has 4 aromatic heterocycles. The zero-order chi connectivity index (χ0) is 17.3. The van der Waals surface area contributed by atoms with E-state index in [2.05, 4.69) is 40.7 Å². The van der Waals surface area contributed by atoms with Gasteiger partial charge in [0.25, 0.3) is 0 Å². The summed E-state index contributed by atoms with van der Waals surface area (Å²) in [5, 5.41) is 10.2. The van der Waals surface area contributed by atoms with Gasteiger partial charge >= 0.3 is 0 Å². The minimum absolute atomic E-state index is 0.647. The number of anilines is 1. The highest BCUT2D eigenvalue weighted by atomic mass is 32.1. The fourth-order valence-electron chi connectivity index (χ4n) is 2.99. The van der Waals surface area contributed by atoms with E-state index in [1.807, 2.05) is 17.6 Å². The lowest BCUT2D eigenvalue weighted by molar-refractivity contribution is 0.552. The van der Waals surface area contributed by atoms with Crippen LogP contribution in [-0.4, -0.2) is 41.2 Å². The number of hydrogen-bond donors (Lipinski definition) is 0. The van der Waals surface area contributed by atoms with Crippen LogP contribution in [-0.2, 0) is 13.1 Å². The molecule has 128 valence electrons. The summed E-state index contributed by atoms with van der Waals surface area (Å²) in [7, 11) is 0. The van der Waals surface area contributed by atoms with E-state index < -0.39 is 0 Å². The molecule has 0 amide bonds. The molecule has 0 radical (unpaired) electrons. The summed E-state index contributed by atoms with van der Waals surface area (Å²) in [6.45, 7) is 2.29. The lowest BCUT2D eigenvalue weighted by Crippen LogP contribution is -2.34. The van der Waals surface area contributed by atoms with Crippen LogP contribution in [0.1, 0.15) is 5.82 Å². The quantitative estimate of drug-likeness (QED) is 0.552. The molecule has 4 aromatic rings. The Morgan fingerprint density at radius 1 is 1.08 bits per heavy atom. The molecule has 9 heteroatoms.